The molecule has 1 aliphatic rings. The van der Waals surface area contributed by atoms with Gasteiger partial charge in [0.05, 0.1) is 13.2 Å². The molecule has 3 rings (SSSR count). The van der Waals surface area contributed by atoms with Crippen molar-refractivity contribution >= 4 is 21.8 Å². The minimum Gasteiger partial charge on any atom is -0.366 e. The highest BCUT2D eigenvalue weighted by atomic mass is 79.9. The molecule has 2 unspecified atom stereocenters. The van der Waals surface area contributed by atoms with Crippen LogP contribution in [-0.4, -0.2) is 45.7 Å². The first-order valence-electron chi connectivity index (χ1n) is 7.72. The Labute approximate surface area is 148 Å². The van der Waals surface area contributed by atoms with E-state index in [0.29, 0.717) is 25.5 Å². The number of aromatic nitrogens is 3. The van der Waals surface area contributed by atoms with Crippen molar-refractivity contribution in [3.05, 3.63) is 46.0 Å². The molecule has 1 aromatic heterocycles. The fraction of sp³-hybridized carbons (Fsp3) is 0.438. The standard InChI is InChI=1S/C16H20BrN5O2/c1-10-19-14(21-20-10)13-9-22(7-8-24-13)15(23)16(2,18)11-3-5-12(17)6-4-11/h3-6,13H,7-9,18H2,1-2H3,(H,19,20,21). The van der Waals surface area contributed by atoms with Crippen molar-refractivity contribution < 1.29 is 9.53 Å². The average molecular weight is 394 g/mol. The number of amides is 1. The molecule has 8 heteroatoms. The van der Waals surface area contributed by atoms with Crippen molar-refractivity contribution in [2.75, 3.05) is 19.7 Å². The number of morpholine rings is 1. The Morgan fingerprint density at radius 1 is 1.46 bits per heavy atom. The SMILES string of the molecule is Cc1nc(C2CN(C(=O)C(C)(N)c3ccc(Br)cc3)CCO2)n[nH]1. The molecule has 1 aliphatic heterocycles. The molecule has 1 fully saturated rings. The Kier molecular flexibility index (Phi) is 4.71. The molecule has 0 spiro atoms. The quantitative estimate of drug-likeness (QED) is 0.825. The molecule has 0 saturated carbocycles. The molecule has 2 atom stereocenters. The third-order valence-electron chi connectivity index (χ3n) is 4.14. The van der Waals surface area contributed by atoms with E-state index in [1.54, 1.807) is 11.8 Å². The number of aromatic amines is 1. The summed E-state index contributed by atoms with van der Waals surface area (Å²) in [5.74, 6) is 1.15. The number of nitrogens with two attached hydrogens (primary N) is 1. The number of halogens is 1. The fourth-order valence-corrected chi connectivity index (χ4v) is 3.01. The number of carbonyl (C=O) groups is 1. The van der Waals surface area contributed by atoms with Gasteiger partial charge in [0.2, 0.25) is 5.91 Å². The normalized spacial score (nSPS) is 20.7. The Bertz CT molecular complexity index is 728. The van der Waals surface area contributed by atoms with E-state index in [1.165, 1.54) is 0 Å². The summed E-state index contributed by atoms with van der Waals surface area (Å²) in [7, 11) is 0. The Morgan fingerprint density at radius 2 is 2.17 bits per heavy atom. The molecule has 0 aliphatic carbocycles. The molecular weight excluding hydrogens is 374 g/mol. The van der Waals surface area contributed by atoms with Crippen molar-refractivity contribution in [3.63, 3.8) is 0 Å². The van der Waals surface area contributed by atoms with Crippen LogP contribution in [0.5, 0.6) is 0 Å². The minimum absolute atomic E-state index is 0.134. The summed E-state index contributed by atoms with van der Waals surface area (Å²) < 4.78 is 6.65. The van der Waals surface area contributed by atoms with Gasteiger partial charge in [-0.15, -0.1) is 0 Å². The van der Waals surface area contributed by atoms with E-state index < -0.39 is 5.54 Å². The number of ether oxygens (including phenoxy) is 1. The molecule has 1 aromatic carbocycles. The topological polar surface area (TPSA) is 97.1 Å². The molecule has 3 N–H and O–H groups in total. The van der Waals surface area contributed by atoms with E-state index in [-0.39, 0.29) is 12.0 Å². The molecule has 0 radical (unpaired) electrons. The molecule has 0 bridgehead atoms. The van der Waals surface area contributed by atoms with Crippen molar-refractivity contribution in [2.24, 2.45) is 5.73 Å². The Morgan fingerprint density at radius 3 is 2.79 bits per heavy atom. The molecule has 128 valence electrons. The number of benzene rings is 1. The van der Waals surface area contributed by atoms with Gasteiger partial charge in [-0.3, -0.25) is 9.89 Å². The number of nitrogens with zero attached hydrogens (tertiary/aromatic N) is 3. The lowest BCUT2D eigenvalue weighted by Crippen LogP contribution is -2.54. The maximum Gasteiger partial charge on any atom is 0.247 e. The summed E-state index contributed by atoms with van der Waals surface area (Å²) in [5, 5.41) is 6.93. The second kappa shape index (κ2) is 6.62. The number of rotatable bonds is 3. The predicted molar refractivity (Wildman–Crippen MR) is 92.1 cm³/mol. The molecule has 2 aromatic rings. The largest absolute Gasteiger partial charge is 0.366 e. The third-order valence-corrected chi connectivity index (χ3v) is 4.67. The first-order chi connectivity index (χ1) is 11.4. The summed E-state index contributed by atoms with van der Waals surface area (Å²) in [6, 6.07) is 7.48. The zero-order valence-electron chi connectivity index (χ0n) is 13.6. The van der Waals surface area contributed by atoms with Crippen molar-refractivity contribution in [1.82, 2.24) is 20.1 Å². The lowest BCUT2D eigenvalue weighted by atomic mass is 9.91. The van der Waals surface area contributed by atoms with E-state index in [2.05, 4.69) is 31.1 Å². The summed E-state index contributed by atoms with van der Waals surface area (Å²) in [5.41, 5.74) is 6.04. The maximum absolute atomic E-state index is 13.0. The van der Waals surface area contributed by atoms with Crippen molar-refractivity contribution in [3.8, 4) is 0 Å². The first-order valence-corrected chi connectivity index (χ1v) is 8.52. The van der Waals surface area contributed by atoms with Gasteiger partial charge in [-0.1, -0.05) is 28.1 Å². The van der Waals surface area contributed by atoms with Crippen LogP contribution in [0.2, 0.25) is 0 Å². The molecule has 1 saturated heterocycles. The van der Waals surface area contributed by atoms with Crippen molar-refractivity contribution in [2.45, 2.75) is 25.5 Å². The third kappa shape index (κ3) is 3.35. The number of H-pyrrole nitrogens is 1. The van der Waals surface area contributed by atoms with Gasteiger partial charge in [0.15, 0.2) is 5.82 Å². The predicted octanol–water partition coefficient (Wildman–Crippen LogP) is 1.65. The highest BCUT2D eigenvalue weighted by molar-refractivity contribution is 9.10. The smallest absolute Gasteiger partial charge is 0.247 e. The number of carbonyl (C=O) groups excluding carboxylic acids is 1. The summed E-state index contributed by atoms with van der Waals surface area (Å²) >= 11 is 3.39. The highest BCUT2D eigenvalue weighted by Gasteiger charge is 2.37. The zero-order valence-corrected chi connectivity index (χ0v) is 15.2. The second-order valence-corrected chi connectivity index (χ2v) is 7.01. The highest BCUT2D eigenvalue weighted by Crippen LogP contribution is 2.26. The summed E-state index contributed by atoms with van der Waals surface area (Å²) in [4.78, 5) is 19.0. The fourth-order valence-electron chi connectivity index (χ4n) is 2.74. The van der Waals surface area contributed by atoms with E-state index in [4.69, 9.17) is 10.5 Å². The number of hydrogen-bond acceptors (Lipinski definition) is 5. The van der Waals surface area contributed by atoms with Crippen LogP contribution in [0.3, 0.4) is 0 Å². The van der Waals surface area contributed by atoms with E-state index in [0.717, 1.165) is 15.9 Å². The molecule has 1 amide bonds. The van der Waals surface area contributed by atoms with Crippen LogP contribution in [0.25, 0.3) is 0 Å². The van der Waals surface area contributed by atoms with Gasteiger partial charge in [-0.25, -0.2) is 4.98 Å². The van der Waals surface area contributed by atoms with Crippen LogP contribution >= 0.6 is 15.9 Å². The van der Waals surface area contributed by atoms with Gasteiger partial charge < -0.3 is 15.4 Å². The molecule has 2 heterocycles. The maximum atomic E-state index is 13.0. The minimum atomic E-state index is -1.10. The number of aryl methyl sites for hydroxylation is 1. The molecule has 24 heavy (non-hydrogen) atoms. The average Bonchev–Trinajstić information content (AvgIpc) is 3.01. The molecular formula is C16H20BrN5O2. The van der Waals surface area contributed by atoms with Gasteiger partial charge in [0.1, 0.15) is 17.5 Å². The van der Waals surface area contributed by atoms with Crippen LogP contribution in [0.1, 0.15) is 30.2 Å². The number of hydrogen-bond donors (Lipinski definition) is 2. The van der Waals surface area contributed by atoms with E-state index in [1.807, 2.05) is 31.2 Å². The van der Waals surface area contributed by atoms with Crippen LogP contribution in [0, 0.1) is 6.92 Å². The summed E-state index contributed by atoms with van der Waals surface area (Å²) in [6.45, 7) is 4.88. The lowest BCUT2D eigenvalue weighted by molar-refractivity contribution is -0.144. The van der Waals surface area contributed by atoms with Crippen LogP contribution < -0.4 is 5.73 Å². The van der Waals surface area contributed by atoms with E-state index >= 15 is 0 Å². The Balaban J connectivity index is 1.77. The monoisotopic (exact) mass is 393 g/mol. The van der Waals surface area contributed by atoms with Gasteiger partial charge in [-0.05, 0) is 31.5 Å². The van der Waals surface area contributed by atoms with Gasteiger partial charge in [0.25, 0.3) is 0 Å². The van der Waals surface area contributed by atoms with Gasteiger partial charge in [-0.2, -0.15) is 5.10 Å². The lowest BCUT2D eigenvalue weighted by Gasteiger charge is -2.36. The van der Waals surface area contributed by atoms with Crippen molar-refractivity contribution in [1.29, 1.82) is 0 Å². The van der Waals surface area contributed by atoms with Gasteiger partial charge in [0, 0.05) is 11.0 Å². The van der Waals surface area contributed by atoms with E-state index in [9.17, 15) is 4.79 Å². The zero-order chi connectivity index (χ0) is 17.3. The van der Waals surface area contributed by atoms with Gasteiger partial charge >= 0.3 is 0 Å². The van der Waals surface area contributed by atoms with Crippen LogP contribution in [-0.2, 0) is 15.1 Å². The second-order valence-electron chi connectivity index (χ2n) is 6.10. The van der Waals surface area contributed by atoms with Crippen LogP contribution in [0.4, 0.5) is 0 Å². The molecule has 7 nitrogen and oxygen atoms in total. The number of nitrogens with one attached hydrogen (secondary N) is 1. The first kappa shape index (κ1) is 17.1. The summed E-state index contributed by atoms with van der Waals surface area (Å²) in [6.07, 6.45) is -0.339. The van der Waals surface area contributed by atoms with Crippen LogP contribution in [0.15, 0.2) is 28.7 Å². The Hall–Kier alpha value is -1.77.